The van der Waals surface area contributed by atoms with Crippen LogP contribution in [0.5, 0.6) is 5.75 Å². The summed E-state index contributed by atoms with van der Waals surface area (Å²) in [6.45, 7) is 7.97. The maximum atomic E-state index is 12.5. The lowest BCUT2D eigenvalue weighted by Crippen LogP contribution is -2.28. The molecule has 0 amide bonds. The third-order valence-electron chi connectivity index (χ3n) is 4.25. The monoisotopic (exact) mass is 436 g/mol. The summed E-state index contributed by atoms with van der Waals surface area (Å²) in [6, 6.07) is 15.5. The molecule has 160 valence electrons. The Balaban J connectivity index is 0.00000155. The predicted molar refractivity (Wildman–Crippen MR) is 116 cm³/mol. The number of rotatable bonds is 4. The van der Waals surface area contributed by atoms with E-state index in [0.717, 1.165) is 27.6 Å². The summed E-state index contributed by atoms with van der Waals surface area (Å²) in [5.41, 5.74) is -1.27. The predicted octanol–water partition coefficient (Wildman–Crippen LogP) is 7.10. The highest BCUT2D eigenvalue weighted by Gasteiger charge is 2.48. The molecule has 0 spiro atoms. The Morgan fingerprint density at radius 3 is 2.03 bits per heavy atom. The van der Waals surface area contributed by atoms with E-state index in [2.05, 4.69) is 10.2 Å². The molecule has 0 radical (unpaired) electrons. The normalized spacial score (nSPS) is 12.0. The van der Waals surface area contributed by atoms with E-state index >= 15 is 0 Å². The molecule has 0 heterocycles. The zero-order chi connectivity index (χ0) is 22.5. The number of hydrogen-bond acceptors (Lipinski definition) is 3. The fourth-order valence-corrected chi connectivity index (χ4v) is 3.30. The van der Waals surface area contributed by atoms with Gasteiger partial charge in [0.1, 0.15) is 5.75 Å². The van der Waals surface area contributed by atoms with Crippen molar-refractivity contribution in [1.82, 2.24) is 0 Å². The summed E-state index contributed by atoms with van der Waals surface area (Å²) >= 11 is 0. The van der Waals surface area contributed by atoms with Gasteiger partial charge in [-0.05, 0) is 65.1 Å². The summed E-state index contributed by atoms with van der Waals surface area (Å²) in [7, 11) is -5.69. The van der Waals surface area contributed by atoms with E-state index in [4.69, 9.17) is 0 Å². The molecule has 0 bridgehead atoms. The van der Waals surface area contributed by atoms with Gasteiger partial charge in [-0.25, -0.2) is 0 Å². The molecule has 0 aromatic heterocycles. The van der Waals surface area contributed by atoms with Gasteiger partial charge in [0.05, 0.1) is 0 Å². The fraction of sp³-hybridized carbons (Fsp3) is 0.217. The molecule has 0 saturated carbocycles. The minimum Gasteiger partial charge on any atom is -0.376 e. The Morgan fingerprint density at radius 2 is 1.43 bits per heavy atom. The highest BCUT2D eigenvalue weighted by Crippen LogP contribution is 2.31. The molecule has 7 heteroatoms. The number of hydrogen-bond donors (Lipinski definition) is 0. The van der Waals surface area contributed by atoms with Crippen molar-refractivity contribution in [3.63, 3.8) is 0 Å². The molecule has 0 unspecified atom stereocenters. The van der Waals surface area contributed by atoms with Crippen molar-refractivity contribution < 1.29 is 25.8 Å². The smallest absolute Gasteiger partial charge is 0.376 e. The quantitative estimate of drug-likeness (QED) is 0.323. The van der Waals surface area contributed by atoms with Crippen LogP contribution in [0.4, 0.5) is 13.2 Å². The van der Waals surface area contributed by atoms with Crippen molar-refractivity contribution in [2.75, 3.05) is 0 Å². The lowest BCUT2D eigenvalue weighted by atomic mass is 9.97. The van der Waals surface area contributed by atoms with Crippen molar-refractivity contribution in [1.29, 1.82) is 0 Å². The van der Waals surface area contributed by atoms with Gasteiger partial charge in [0, 0.05) is 0 Å². The maximum Gasteiger partial charge on any atom is 0.534 e. The average molecular weight is 436 g/mol. The first kappa shape index (κ1) is 23.5. The summed E-state index contributed by atoms with van der Waals surface area (Å²) in [4.78, 5) is 0. The lowest BCUT2D eigenvalue weighted by Gasteiger charge is -2.11. The molecule has 3 aromatic rings. The Bertz CT molecular complexity index is 1160. The largest absolute Gasteiger partial charge is 0.534 e. The van der Waals surface area contributed by atoms with Crippen LogP contribution in [-0.4, -0.2) is 13.9 Å². The Labute approximate surface area is 174 Å². The number of halogens is 3. The maximum absolute atomic E-state index is 12.5. The number of fused-ring (bicyclic) bond motifs is 1. The molecule has 30 heavy (non-hydrogen) atoms. The Morgan fingerprint density at radius 1 is 0.867 bits per heavy atom. The third kappa shape index (κ3) is 5.21. The molecular weight excluding hydrogens is 413 g/mol. The molecule has 0 saturated heterocycles. The van der Waals surface area contributed by atoms with Crippen LogP contribution in [0.1, 0.15) is 31.9 Å². The van der Waals surface area contributed by atoms with E-state index in [0.29, 0.717) is 5.39 Å². The van der Waals surface area contributed by atoms with E-state index in [1.54, 1.807) is 6.07 Å². The van der Waals surface area contributed by atoms with E-state index in [1.807, 2.05) is 64.1 Å². The van der Waals surface area contributed by atoms with E-state index in [-0.39, 0.29) is 5.75 Å². The molecule has 3 nitrogen and oxygen atoms in total. The molecule has 3 aromatic carbocycles. The topological polar surface area (TPSA) is 43.4 Å². The second-order valence-electron chi connectivity index (χ2n) is 6.28. The molecule has 0 aliphatic rings. The van der Waals surface area contributed by atoms with Crippen molar-refractivity contribution in [2.45, 2.75) is 33.2 Å². The molecular formula is C23H23F3O3S. The van der Waals surface area contributed by atoms with E-state index < -0.39 is 15.6 Å². The minimum absolute atomic E-state index is 0.385. The zero-order valence-corrected chi connectivity index (χ0v) is 17.9. The van der Waals surface area contributed by atoms with Crippen molar-refractivity contribution in [3.8, 4) is 16.9 Å². The van der Waals surface area contributed by atoms with Gasteiger partial charge in [0.2, 0.25) is 0 Å². The van der Waals surface area contributed by atoms with Gasteiger partial charge in [-0.1, -0.05) is 62.4 Å². The molecule has 0 N–H and O–H groups in total. The summed E-state index contributed by atoms with van der Waals surface area (Å²) in [6.07, 6.45) is 3.99. The van der Waals surface area contributed by atoms with Crippen molar-refractivity contribution in [3.05, 3.63) is 71.8 Å². The van der Waals surface area contributed by atoms with Crippen molar-refractivity contribution >= 4 is 27.0 Å². The number of benzene rings is 3. The van der Waals surface area contributed by atoms with Crippen LogP contribution in [0.25, 0.3) is 28.0 Å². The minimum atomic E-state index is -5.69. The standard InChI is InChI=1S/C21H17F3O3S.C2H6/c1-3-4-15-5-6-16(11-14(15)2)17-7-8-19-13-20(10-9-18(19)12-17)27-28(25,26)21(22,23)24;1-2/h3-13H,1-2H3;1-2H3/b4-3-;. The first-order chi connectivity index (χ1) is 14.1. The van der Waals surface area contributed by atoms with Gasteiger partial charge in [-0.3, -0.25) is 0 Å². The highest BCUT2D eigenvalue weighted by atomic mass is 32.2. The summed E-state index contributed by atoms with van der Waals surface area (Å²) < 4.78 is 63.9. The molecule has 0 aliphatic carbocycles. The fourth-order valence-electron chi connectivity index (χ4n) is 2.85. The second kappa shape index (κ2) is 9.34. The van der Waals surface area contributed by atoms with Gasteiger partial charge in [0.25, 0.3) is 0 Å². The molecule has 0 aliphatic heterocycles. The number of aryl methyl sites for hydroxylation is 1. The lowest BCUT2D eigenvalue weighted by molar-refractivity contribution is -0.0500. The number of allylic oxidation sites excluding steroid dienone is 1. The molecule has 0 atom stereocenters. The van der Waals surface area contributed by atoms with Crippen LogP contribution in [0.15, 0.2) is 60.7 Å². The van der Waals surface area contributed by atoms with E-state index in [9.17, 15) is 21.6 Å². The first-order valence-electron chi connectivity index (χ1n) is 9.39. The van der Waals surface area contributed by atoms with Gasteiger partial charge in [-0.15, -0.1) is 0 Å². The van der Waals surface area contributed by atoms with Crippen LogP contribution in [-0.2, 0) is 10.1 Å². The zero-order valence-electron chi connectivity index (χ0n) is 17.1. The van der Waals surface area contributed by atoms with Crippen LogP contribution in [0, 0.1) is 6.92 Å². The summed E-state index contributed by atoms with van der Waals surface area (Å²) in [5.74, 6) is -0.385. The van der Waals surface area contributed by atoms with Crippen LogP contribution in [0.2, 0.25) is 0 Å². The van der Waals surface area contributed by atoms with E-state index in [1.165, 1.54) is 18.2 Å². The summed E-state index contributed by atoms with van der Waals surface area (Å²) in [5, 5.41) is 1.32. The first-order valence-corrected chi connectivity index (χ1v) is 10.8. The van der Waals surface area contributed by atoms with Gasteiger partial charge in [0.15, 0.2) is 0 Å². The van der Waals surface area contributed by atoms with Crippen LogP contribution >= 0.6 is 0 Å². The van der Waals surface area contributed by atoms with Gasteiger partial charge >= 0.3 is 15.6 Å². The highest BCUT2D eigenvalue weighted by molar-refractivity contribution is 7.88. The van der Waals surface area contributed by atoms with Crippen LogP contribution < -0.4 is 4.18 Å². The third-order valence-corrected chi connectivity index (χ3v) is 5.23. The van der Waals surface area contributed by atoms with Crippen LogP contribution in [0.3, 0.4) is 0 Å². The van der Waals surface area contributed by atoms with Gasteiger partial charge in [-0.2, -0.15) is 21.6 Å². The average Bonchev–Trinajstić information content (AvgIpc) is 2.69. The molecule has 3 rings (SSSR count). The number of alkyl halides is 3. The molecule has 0 fully saturated rings. The van der Waals surface area contributed by atoms with Gasteiger partial charge < -0.3 is 4.18 Å². The Hall–Kier alpha value is -2.80. The second-order valence-corrected chi connectivity index (χ2v) is 7.82. The SMILES string of the molecule is C/C=C\c1ccc(-c2ccc3cc(OS(=O)(=O)C(F)(F)F)ccc3c2)cc1C.CC. The van der Waals surface area contributed by atoms with Crippen molar-refractivity contribution in [2.24, 2.45) is 0 Å². The Kier molecular flexibility index (Phi) is 7.31.